The molecule has 156 valence electrons. The van der Waals surface area contributed by atoms with Crippen LogP contribution < -0.4 is 0 Å². The van der Waals surface area contributed by atoms with Crippen LogP contribution in [0.1, 0.15) is 29.7 Å². The zero-order chi connectivity index (χ0) is 21.6. The number of alkyl halides is 4. The molecule has 1 amide bonds. The van der Waals surface area contributed by atoms with Gasteiger partial charge in [-0.15, -0.1) is 11.6 Å². The molecule has 29 heavy (non-hydrogen) atoms. The Kier molecular flexibility index (Phi) is 7.67. The molecule has 2 aromatic carbocycles. The molecule has 0 bridgehead atoms. The van der Waals surface area contributed by atoms with E-state index in [1.165, 1.54) is 24.1 Å². The molecule has 2 aromatic rings. The van der Waals surface area contributed by atoms with Crippen LogP contribution in [0.2, 0.25) is 0 Å². The van der Waals surface area contributed by atoms with E-state index in [9.17, 15) is 22.8 Å². The maximum absolute atomic E-state index is 12.8. The summed E-state index contributed by atoms with van der Waals surface area (Å²) in [5.41, 5.74) is 0.450. The molecule has 0 aromatic heterocycles. The Balaban J connectivity index is 2.40. The summed E-state index contributed by atoms with van der Waals surface area (Å²) in [6.07, 6.45) is -4.28. The van der Waals surface area contributed by atoms with Gasteiger partial charge in [-0.2, -0.15) is 13.2 Å². The van der Waals surface area contributed by atoms with Crippen LogP contribution in [-0.4, -0.2) is 35.8 Å². The van der Waals surface area contributed by atoms with E-state index in [1.54, 1.807) is 19.1 Å². The lowest BCUT2D eigenvalue weighted by molar-refractivity contribution is -0.154. The van der Waals surface area contributed by atoms with Gasteiger partial charge in [-0.3, -0.25) is 4.79 Å². The molecule has 0 saturated heterocycles. The molecule has 0 heterocycles. The zero-order valence-electron chi connectivity index (χ0n) is 15.9. The SMILES string of the molecule is COC(=O)[C@H](Cc1ccccc1)N(C(=O)CCl)[C@H](C)c1ccc(C(F)(F)F)cc1. The molecule has 4 nitrogen and oxygen atoms in total. The van der Waals surface area contributed by atoms with Gasteiger partial charge in [-0.05, 0) is 30.2 Å². The Bertz CT molecular complexity index is 825. The van der Waals surface area contributed by atoms with Gasteiger partial charge in [-0.25, -0.2) is 4.79 Å². The average molecular weight is 428 g/mol. The lowest BCUT2D eigenvalue weighted by Gasteiger charge is -2.35. The van der Waals surface area contributed by atoms with Gasteiger partial charge in [0, 0.05) is 6.42 Å². The summed E-state index contributed by atoms with van der Waals surface area (Å²) >= 11 is 5.77. The van der Waals surface area contributed by atoms with Crippen molar-refractivity contribution >= 4 is 23.5 Å². The maximum atomic E-state index is 12.8. The molecule has 0 saturated carbocycles. The summed E-state index contributed by atoms with van der Waals surface area (Å²) in [7, 11) is 1.21. The largest absolute Gasteiger partial charge is 0.467 e. The molecule has 0 unspecified atom stereocenters. The lowest BCUT2D eigenvalue weighted by Crippen LogP contribution is -2.48. The highest BCUT2D eigenvalue weighted by Gasteiger charge is 2.35. The van der Waals surface area contributed by atoms with Crippen LogP contribution in [0, 0.1) is 0 Å². The fourth-order valence-electron chi connectivity index (χ4n) is 3.11. The number of nitrogens with zero attached hydrogens (tertiary/aromatic N) is 1. The summed E-state index contributed by atoms with van der Waals surface area (Å²) in [5.74, 6) is -1.54. The van der Waals surface area contributed by atoms with Crippen molar-refractivity contribution in [2.45, 2.75) is 31.6 Å². The van der Waals surface area contributed by atoms with E-state index in [0.29, 0.717) is 5.56 Å². The predicted octanol–water partition coefficient (Wildman–Crippen LogP) is 4.62. The minimum absolute atomic E-state index is 0.182. The first kappa shape index (κ1) is 22.7. The van der Waals surface area contributed by atoms with E-state index in [-0.39, 0.29) is 12.3 Å². The van der Waals surface area contributed by atoms with Gasteiger partial charge in [0.2, 0.25) is 5.91 Å². The second kappa shape index (κ2) is 9.78. The third-order valence-electron chi connectivity index (χ3n) is 4.62. The van der Waals surface area contributed by atoms with Crippen LogP contribution >= 0.6 is 11.6 Å². The Morgan fingerprint density at radius 1 is 1.07 bits per heavy atom. The molecule has 2 atom stereocenters. The highest BCUT2D eigenvalue weighted by molar-refractivity contribution is 6.27. The van der Waals surface area contributed by atoms with Gasteiger partial charge in [0.05, 0.1) is 18.7 Å². The molecule has 0 aliphatic rings. The first-order valence-electron chi connectivity index (χ1n) is 8.85. The molecule has 0 aliphatic heterocycles. The summed E-state index contributed by atoms with van der Waals surface area (Å²) in [6.45, 7) is 1.63. The zero-order valence-corrected chi connectivity index (χ0v) is 16.7. The molecular weight excluding hydrogens is 407 g/mol. The summed E-state index contributed by atoms with van der Waals surface area (Å²) in [5, 5.41) is 0. The van der Waals surface area contributed by atoms with Crippen molar-refractivity contribution in [2.24, 2.45) is 0 Å². The summed E-state index contributed by atoms with van der Waals surface area (Å²) < 4.78 is 43.4. The van der Waals surface area contributed by atoms with Crippen LogP contribution in [0.15, 0.2) is 54.6 Å². The third-order valence-corrected chi connectivity index (χ3v) is 4.85. The summed E-state index contributed by atoms with van der Waals surface area (Å²) in [6, 6.07) is 11.8. The molecule has 0 spiro atoms. The van der Waals surface area contributed by atoms with Crippen LogP contribution in [-0.2, 0) is 26.9 Å². The second-order valence-electron chi connectivity index (χ2n) is 6.46. The maximum Gasteiger partial charge on any atom is 0.416 e. The highest BCUT2D eigenvalue weighted by Crippen LogP contribution is 2.31. The number of amides is 1. The van der Waals surface area contributed by atoms with E-state index < -0.39 is 35.7 Å². The van der Waals surface area contributed by atoms with Crippen molar-refractivity contribution in [3.8, 4) is 0 Å². The monoisotopic (exact) mass is 427 g/mol. The fourth-order valence-corrected chi connectivity index (χ4v) is 3.25. The van der Waals surface area contributed by atoms with Crippen LogP contribution in [0.25, 0.3) is 0 Å². The molecule has 0 radical (unpaired) electrons. The number of rotatable bonds is 7. The number of carbonyl (C=O) groups excluding carboxylic acids is 2. The Labute approximate surface area is 172 Å². The van der Waals surface area contributed by atoms with Crippen molar-refractivity contribution < 1.29 is 27.5 Å². The van der Waals surface area contributed by atoms with Gasteiger partial charge >= 0.3 is 12.1 Å². The molecule has 0 fully saturated rings. The number of esters is 1. The topological polar surface area (TPSA) is 46.6 Å². The number of methoxy groups -OCH3 is 1. The van der Waals surface area contributed by atoms with Crippen molar-refractivity contribution in [1.29, 1.82) is 0 Å². The minimum atomic E-state index is -4.46. The van der Waals surface area contributed by atoms with Gasteiger partial charge < -0.3 is 9.64 Å². The number of halogens is 4. The van der Waals surface area contributed by atoms with Gasteiger partial charge in [0.25, 0.3) is 0 Å². The summed E-state index contributed by atoms with van der Waals surface area (Å²) in [4.78, 5) is 26.4. The quantitative estimate of drug-likeness (QED) is 0.478. The first-order valence-corrected chi connectivity index (χ1v) is 9.38. The van der Waals surface area contributed by atoms with E-state index in [0.717, 1.165) is 17.7 Å². The number of hydrogen-bond donors (Lipinski definition) is 0. The Hall–Kier alpha value is -2.54. The van der Waals surface area contributed by atoms with E-state index in [1.807, 2.05) is 18.2 Å². The minimum Gasteiger partial charge on any atom is -0.467 e. The normalized spacial score (nSPS) is 13.4. The smallest absolute Gasteiger partial charge is 0.416 e. The van der Waals surface area contributed by atoms with Crippen molar-refractivity contribution in [3.63, 3.8) is 0 Å². The van der Waals surface area contributed by atoms with Crippen LogP contribution in [0.4, 0.5) is 13.2 Å². The van der Waals surface area contributed by atoms with Gasteiger partial charge in [-0.1, -0.05) is 42.5 Å². The Morgan fingerprint density at radius 3 is 2.14 bits per heavy atom. The number of hydrogen-bond acceptors (Lipinski definition) is 3. The van der Waals surface area contributed by atoms with Crippen LogP contribution in [0.3, 0.4) is 0 Å². The van der Waals surface area contributed by atoms with Crippen molar-refractivity contribution in [1.82, 2.24) is 4.90 Å². The molecular formula is C21H21ClF3NO3. The van der Waals surface area contributed by atoms with Crippen molar-refractivity contribution in [2.75, 3.05) is 13.0 Å². The van der Waals surface area contributed by atoms with Crippen molar-refractivity contribution in [3.05, 3.63) is 71.3 Å². The van der Waals surface area contributed by atoms with E-state index in [4.69, 9.17) is 16.3 Å². The highest BCUT2D eigenvalue weighted by atomic mass is 35.5. The fraction of sp³-hybridized carbons (Fsp3) is 0.333. The van der Waals surface area contributed by atoms with E-state index >= 15 is 0 Å². The third kappa shape index (κ3) is 5.73. The standard InChI is InChI=1S/C21H21ClF3NO3/c1-14(16-8-10-17(11-9-16)21(23,24)25)26(19(27)13-22)18(20(28)29-2)12-15-6-4-3-5-7-15/h3-11,14,18H,12-13H2,1-2H3/t14-,18+/m1/s1. The number of benzene rings is 2. The van der Waals surface area contributed by atoms with E-state index in [2.05, 4.69) is 0 Å². The van der Waals surface area contributed by atoms with Crippen LogP contribution in [0.5, 0.6) is 0 Å². The Morgan fingerprint density at radius 2 is 1.66 bits per heavy atom. The number of carbonyl (C=O) groups is 2. The van der Waals surface area contributed by atoms with Gasteiger partial charge in [0.15, 0.2) is 0 Å². The average Bonchev–Trinajstić information content (AvgIpc) is 2.72. The lowest BCUT2D eigenvalue weighted by atomic mass is 9.99. The second-order valence-corrected chi connectivity index (χ2v) is 6.73. The first-order chi connectivity index (χ1) is 13.7. The predicted molar refractivity (Wildman–Crippen MR) is 103 cm³/mol. The number of ether oxygens (including phenoxy) is 1. The van der Waals surface area contributed by atoms with Gasteiger partial charge in [0.1, 0.15) is 11.9 Å². The molecule has 0 N–H and O–H groups in total. The molecule has 0 aliphatic carbocycles. The molecule has 8 heteroatoms. The molecule has 2 rings (SSSR count).